The summed E-state index contributed by atoms with van der Waals surface area (Å²) < 4.78 is 98.7. The van der Waals surface area contributed by atoms with Gasteiger partial charge in [0.15, 0.2) is 5.76 Å². The summed E-state index contributed by atoms with van der Waals surface area (Å²) in [5, 5.41) is 4.17. The Kier molecular flexibility index (Phi) is 20.2. The molecule has 3 aromatic heterocycles. The van der Waals surface area contributed by atoms with Crippen molar-refractivity contribution in [2.75, 3.05) is 22.9 Å². The number of amides is 2. The summed E-state index contributed by atoms with van der Waals surface area (Å²) in [7, 11) is 0. The van der Waals surface area contributed by atoms with Crippen molar-refractivity contribution in [1.82, 2.24) is 24.9 Å². The zero-order chi connectivity index (χ0) is 58.2. The van der Waals surface area contributed by atoms with Crippen LogP contribution >= 0.6 is 15.9 Å². The van der Waals surface area contributed by atoms with E-state index in [1.54, 1.807) is 42.0 Å². The average molecular weight is 1180 g/mol. The molecule has 0 unspecified atom stereocenters. The van der Waals surface area contributed by atoms with Gasteiger partial charge in [-0.3, -0.25) is 9.80 Å². The van der Waals surface area contributed by atoms with Crippen molar-refractivity contribution >= 4 is 45.9 Å². The highest BCUT2D eigenvalue weighted by Gasteiger charge is 2.44. The van der Waals surface area contributed by atoms with E-state index < -0.39 is 60.0 Å². The van der Waals surface area contributed by atoms with Crippen molar-refractivity contribution in [2.45, 2.75) is 188 Å². The highest BCUT2D eigenvalue weighted by Crippen LogP contribution is 2.42. The second-order valence-corrected chi connectivity index (χ2v) is 22.0. The van der Waals surface area contributed by atoms with E-state index in [-0.39, 0.29) is 19.2 Å². The van der Waals surface area contributed by atoms with Gasteiger partial charge in [0.2, 0.25) is 0 Å². The number of ether oxygens (including phenoxy) is 2. The van der Waals surface area contributed by atoms with Gasteiger partial charge in [-0.2, -0.15) is 35.9 Å². The van der Waals surface area contributed by atoms with Gasteiger partial charge < -0.3 is 23.8 Å². The zero-order valence-corrected chi connectivity index (χ0v) is 48.1. The summed E-state index contributed by atoms with van der Waals surface area (Å²) in [6.07, 6.45) is 4.49. The van der Waals surface area contributed by atoms with Crippen LogP contribution in [-0.4, -0.2) is 80.5 Å². The first kappa shape index (κ1) is 61.2. The van der Waals surface area contributed by atoms with Crippen LogP contribution in [0.2, 0.25) is 0 Å². The molecule has 2 amide bonds. The van der Waals surface area contributed by atoms with E-state index in [0.717, 1.165) is 114 Å². The number of halogens is 7. The molecule has 432 valence electrons. The fourth-order valence-corrected chi connectivity index (χ4v) is 12.2. The zero-order valence-electron chi connectivity index (χ0n) is 46.5. The fraction of sp³-hybridized carbons (Fsp3) is 0.525. The summed E-state index contributed by atoms with van der Waals surface area (Å²) in [4.78, 5) is 59.9. The van der Waals surface area contributed by atoms with Crippen molar-refractivity contribution in [3.8, 4) is 11.3 Å². The van der Waals surface area contributed by atoms with Gasteiger partial charge in [-0.05, 0) is 144 Å². The Morgan fingerprint density at radius 2 is 1.06 bits per heavy atom. The smallest absolute Gasteiger partial charge is 0.416 e. The lowest BCUT2D eigenvalue weighted by atomic mass is 9.93. The van der Waals surface area contributed by atoms with Crippen molar-refractivity contribution in [3.63, 3.8) is 0 Å². The molecule has 80 heavy (non-hydrogen) atoms. The maximum atomic E-state index is 13.6. The van der Waals surface area contributed by atoms with Crippen LogP contribution in [0.1, 0.15) is 167 Å². The number of hydrogen-bond donors (Lipinski definition) is 0. The van der Waals surface area contributed by atoms with Crippen LogP contribution in [0.25, 0.3) is 11.3 Å². The lowest BCUT2D eigenvalue weighted by Crippen LogP contribution is -2.39. The molecule has 4 fully saturated rings. The number of aryl methyl sites for hydroxylation is 3. The Morgan fingerprint density at radius 3 is 1.48 bits per heavy atom. The van der Waals surface area contributed by atoms with Gasteiger partial charge in [0.05, 0.1) is 42.0 Å². The summed E-state index contributed by atoms with van der Waals surface area (Å²) in [6, 6.07) is 11.5. The number of carbonyl (C=O) groups excluding carboxylic acids is 4. The summed E-state index contributed by atoms with van der Waals surface area (Å²) in [6.45, 7) is 17.1. The van der Waals surface area contributed by atoms with E-state index >= 15 is 0 Å². The third kappa shape index (κ3) is 14.2. The molecule has 4 atom stereocenters. The summed E-state index contributed by atoms with van der Waals surface area (Å²) in [5.41, 5.74) is 4.45. The van der Waals surface area contributed by atoms with Gasteiger partial charge in [0.25, 0.3) is 0 Å². The SMILES string of the molecule is CCN(c1ncc(Br)cc1CN1C(=O)O[C@H](c2cc(C)cc(C(F)(F)F)c2)[C@@H]1C)C1CCCCC1.CCc1c(C)noc1-c1cnc(N(CC)C2CCCCC2)c(CN2C(=O)O[C@H](c3cc(C)cc(C(F)(F)F)c3)[C@@H]2C)c1.O=C=O. The van der Waals surface area contributed by atoms with Crippen LogP contribution in [-0.2, 0) is 50.9 Å². The maximum Gasteiger partial charge on any atom is 0.416 e. The number of carbonyl (C=O) groups is 2. The molecule has 21 heteroatoms. The number of aromatic nitrogens is 3. The van der Waals surface area contributed by atoms with E-state index in [0.29, 0.717) is 40.1 Å². The number of alkyl halides is 6. The Hall–Kier alpha value is -6.47. The minimum Gasteiger partial charge on any atom is -0.439 e. The Morgan fingerprint density at radius 1 is 0.637 bits per heavy atom. The molecule has 0 spiro atoms. The van der Waals surface area contributed by atoms with Gasteiger partial charge in [-0.25, -0.2) is 19.6 Å². The van der Waals surface area contributed by atoms with Crippen molar-refractivity contribution in [2.24, 2.45) is 0 Å². The first-order chi connectivity index (χ1) is 38.0. The molecule has 2 saturated carbocycles. The van der Waals surface area contributed by atoms with Crippen LogP contribution in [0.3, 0.4) is 0 Å². The molecule has 5 heterocycles. The minimum atomic E-state index is -4.49. The van der Waals surface area contributed by atoms with Crippen LogP contribution in [0.15, 0.2) is 69.9 Å². The summed E-state index contributed by atoms with van der Waals surface area (Å²) >= 11 is 3.50. The number of nitrogens with zero attached hydrogens (tertiary/aromatic N) is 7. The molecule has 4 aliphatic rings. The van der Waals surface area contributed by atoms with E-state index in [9.17, 15) is 35.9 Å². The third-order valence-corrected chi connectivity index (χ3v) is 16.1. The fourth-order valence-electron chi connectivity index (χ4n) is 11.8. The molecular formula is C59H70BrF6N7O7. The largest absolute Gasteiger partial charge is 0.439 e. The molecule has 5 aromatic rings. The molecule has 2 aromatic carbocycles. The van der Waals surface area contributed by atoms with E-state index in [4.69, 9.17) is 33.6 Å². The summed E-state index contributed by atoms with van der Waals surface area (Å²) in [5.74, 6) is 2.31. The third-order valence-electron chi connectivity index (χ3n) is 15.7. The van der Waals surface area contributed by atoms with Gasteiger partial charge >= 0.3 is 30.7 Å². The normalized spacial score (nSPS) is 19.8. The van der Waals surface area contributed by atoms with E-state index in [1.807, 2.05) is 46.0 Å². The van der Waals surface area contributed by atoms with Gasteiger partial charge in [0.1, 0.15) is 23.8 Å². The molecule has 2 aliphatic carbocycles. The average Bonchev–Trinajstić information content (AvgIpc) is 4.08. The Balaban J connectivity index is 0.000000224. The lowest BCUT2D eigenvalue weighted by Gasteiger charge is -2.36. The molecule has 14 nitrogen and oxygen atoms in total. The van der Waals surface area contributed by atoms with Crippen molar-refractivity contribution < 1.29 is 59.5 Å². The number of pyridine rings is 2. The highest BCUT2D eigenvalue weighted by atomic mass is 79.9. The second-order valence-electron chi connectivity index (χ2n) is 21.1. The molecule has 2 saturated heterocycles. The van der Waals surface area contributed by atoms with Crippen LogP contribution in [0, 0.1) is 20.8 Å². The maximum absolute atomic E-state index is 13.6. The van der Waals surface area contributed by atoms with Gasteiger partial charge in [-0.1, -0.05) is 73.9 Å². The molecule has 0 bridgehead atoms. The highest BCUT2D eigenvalue weighted by molar-refractivity contribution is 9.10. The topological polar surface area (TPSA) is 152 Å². The monoisotopic (exact) mass is 1180 g/mol. The predicted molar refractivity (Wildman–Crippen MR) is 291 cm³/mol. The molecular weight excluding hydrogens is 1110 g/mol. The lowest BCUT2D eigenvalue weighted by molar-refractivity contribution is -0.191. The number of rotatable bonds is 14. The second kappa shape index (κ2) is 26.4. The van der Waals surface area contributed by atoms with Crippen LogP contribution in [0.5, 0.6) is 0 Å². The molecule has 0 N–H and O–H groups in total. The predicted octanol–water partition coefficient (Wildman–Crippen LogP) is 15.0. The number of benzene rings is 2. The molecule has 9 rings (SSSR count). The van der Waals surface area contributed by atoms with Crippen LogP contribution in [0.4, 0.5) is 47.6 Å². The quantitative estimate of drug-likeness (QED) is 0.0973. The van der Waals surface area contributed by atoms with Crippen molar-refractivity contribution in [3.05, 3.63) is 121 Å². The molecule has 0 radical (unpaired) electrons. The molecule has 2 aliphatic heterocycles. The first-order valence-corrected chi connectivity index (χ1v) is 28.2. The van der Waals surface area contributed by atoms with Crippen LogP contribution < -0.4 is 9.80 Å². The van der Waals surface area contributed by atoms with Crippen molar-refractivity contribution in [1.29, 1.82) is 0 Å². The minimum absolute atomic E-state index is 0.197. The van der Waals surface area contributed by atoms with E-state index in [2.05, 4.69) is 44.7 Å². The number of hydrogen-bond acceptors (Lipinski definition) is 12. The Bertz CT molecular complexity index is 2990. The first-order valence-electron chi connectivity index (χ1n) is 27.4. The number of cyclic esters (lactones) is 2. The van der Waals surface area contributed by atoms with Gasteiger partial charge in [0, 0.05) is 64.3 Å². The number of anilines is 2. The van der Waals surface area contributed by atoms with Gasteiger partial charge in [-0.15, -0.1) is 0 Å². The Labute approximate surface area is 471 Å². The van der Waals surface area contributed by atoms with E-state index in [1.165, 1.54) is 38.5 Å². The standard InChI is InChI=1S/C32H39F3N4O3.C26H31BrF3N3O2.CO2/c1-6-27-20(4)37-42-29(27)23-15-24(30(36-17-23)38(7-2)26-11-9-8-10-12-26)18-39-21(5)28(41-31(39)40)22-13-19(3)14-25(16-22)32(33,34)35;1-4-32(22-8-6-5-7-9-22)24-19(13-21(27)14-31-24)15-33-17(3)23(35-25(33)34)18-10-16(2)11-20(12-18)26(28,29)30;2-1-3/h13-17,21,26,28H,6-12,18H2,1-5H3;10-14,17,22-23H,4-9,15H2,1-3H3;/t21-,28-;17-,23-;/m00./s1.